The summed E-state index contributed by atoms with van der Waals surface area (Å²) in [5.41, 5.74) is -0.588. The molecule has 0 unspecified atom stereocenters. The molecule has 2 aliphatic rings. The average molecular weight is 339 g/mol. The van der Waals surface area contributed by atoms with E-state index in [1.54, 1.807) is 0 Å². The fourth-order valence-corrected chi connectivity index (χ4v) is 4.33. The van der Waals surface area contributed by atoms with Crippen molar-refractivity contribution in [2.75, 3.05) is 0 Å². The molecule has 0 heterocycles. The van der Waals surface area contributed by atoms with Gasteiger partial charge in [-0.2, -0.15) is 0 Å². The van der Waals surface area contributed by atoms with Crippen LogP contribution in [0, 0.1) is 17.3 Å². The molecule has 0 radical (unpaired) electrons. The lowest BCUT2D eigenvalue weighted by molar-refractivity contribution is -0.187. The van der Waals surface area contributed by atoms with E-state index in [2.05, 4.69) is 13.8 Å². The molecular formula is C22H42O2. The minimum absolute atomic E-state index is 0.0219. The van der Waals surface area contributed by atoms with E-state index in [0.717, 1.165) is 6.42 Å². The normalized spacial score (nSPS) is 20.9. The first-order valence-electron chi connectivity index (χ1n) is 10.6. The standard InChI is InChI=1S/C20H36O2.C2H6/c1-5-19(2,3)18(21)22-20(4,16-12-8-6-9-13-16)17-14-10-7-11-15-17;1-2/h16-17H,5-15H2,1-4H3;1-2H3. The summed E-state index contributed by atoms with van der Waals surface area (Å²) in [6, 6.07) is 0. The van der Waals surface area contributed by atoms with Crippen LogP contribution in [0.5, 0.6) is 0 Å². The van der Waals surface area contributed by atoms with Gasteiger partial charge in [0, 0.05) is 0 Å². The second-order valence-electron chi connectivity index (χ2n) is 8.48. The maximum Gasteiger partial charge on any atom is 0.312 e. The highest BCUT2D eigenvalue weighted by Crippen LogP contribution is 2.46. The van der Waals surface area contributed by atoms with Gasteiger partial charge in [-0.15, -0.1) is 0 Å². The summed E-state index contributed by atoms with van der Waals surface area (Å²) in [7, 11) is 0. The molecular weight excluding hydrogens is 296 g/mol. The van der Waals surface area contributed by atoms with Gasteiger partial charge in [-0.05, 0) is 64.7 Å². The van der Waals surface area contributed by atoms with Crippen molar-refractivity contribution in [2.45, 2.75) is 118 Å². The second-order valence-corrected chi connectivity index (χ2v) is 8.48. The smallest absolute Gasteiger partial charge is 0.312 e. The third kappa shape index (κ3) is 5.23. The Balaban J connectivity index is 0.00000139. The molecule has 142 valence electrons. The first kappa shape index (κ1) is 21.5. The van der Waals surface area contributed by atoms with Gasteiger partial charge >= 0.3 is 5.97 Å². The summed E-state index contributed by atoms with van der Waals surface area (Å²) < 4.78 is 6.33. The molecule has 2 heteroatoms. The van der Waals surface area contributed by atoms with Gasteiger partial charge in [0.2, 0.25) is 0 Å². The number of hydrogen-bond donors (Lipinski definition) is 0. The third-order valence-corrected chi connectivity index (χ3v) is 6.58. The highest BCUT2D eigenvalue weighted by molar-refractivity contribution is 5.76. The largest absolute Gasteiger partial charge is 0.458 e. The molecule has 0 atom stereocenters. The molecule has 0 aromatic rings. The average Bonchev–Trinajstić information content (AvgIpc) is 2.64. The molecule has 0 aliphatic heterocycles. The number of esters is 1. The Labute approximate surface area is 151 Å². The molecule has 0 aromatic heterocycles. The van der Waals surface area contributed by atoms with Crippen LogP contribution in [0.4, 0.5) is 0 Å². The highest BCUT2D eigenvalue weighted by atomic mass is 16.6. The number of rotatable bonds is 5. The van der Waals surface area contributed by atoms with Crippen molar-refractivity contribution in [2.24, 2.45) is 17.3 Å². The number of carbonyl (C=O) groups is 1. The molecule has 0 spiro atoms. The van der Waals surface area contributed by atoms with Gasteiger partial charge < -0.3 is 4.74 Å². The molecule has 2 aliphatic carbocycles. The Bertz CT molecular complexity index is 342. The van der Waals surface area contributed by atoms with Crippen LogP contribution in [0.1, 0.15) is 112 Å². The van der Waals surface area contributed by atoms with Crippen molar-refractivity contribution in [1.29, 1.82) is 0 Å². The summed E-state index contributed by atoms with van der Waals surface area (Å²) in [5.74, 6) is 1.16. The van der Waals surface area contributed by atoms with Crippen LogP contribution in [0.2, 0.25) is 0 Å². The molecule has 0 aromatic carbocycles. The van der Waals surface area contributed by atoms with Gasteiger partial charge in [-0.25, -0.2) is 0 Å². The monoisotopic (exact) mass is 338 g/mol. The van der Waals surface area contributed by atoms with Gasteiger partial charge in [-0.3, -0.25) is 4.79 Å². The predicted octanol–water partition coefficient (Wildman–Crippen LogP) is 6.91. The summed E-state index contributed by atoms with van der Waals surface area (Å²) >= 11 is 0. The van der Waals surface area contributed by atoms with E-state index < -0.39 is 0 Å². The Kier molecular flexibility index (Phi) is 8.81. The number of carbonyl (C=O) groups excluding carboxylic acids is 1. The van der Waals surface area contributed by atoms with Gasteiger partial charge in [-0.1, -0.05) is 59.3 Å². The van der Waals surface area contributed by atoms with Crippen molar-refractivity contribution < 1.29 is 9.53 Å². The van der Waals surface area contributed by atoms with Crippen LogP contribution in [0.25, 0.3) is 0 Å². The fourth-order valence-electron chi connectivity index (χ4n) is 4.33. The summed E-state index contributed by atoms with van der Waals surface area (Å²) in [4.78, 5) is 12.8. The molecule has 0 N–H and O–H groups in total. The first-order valence-corrected chi connectivity index (χ1v) is 10.6. The second kappa shape index (κ2) is 9.82. The van der Waals surface area contributed by atoms with Crippen LogP contribution < -0.4 is 0 Å². The van der Waals surface area contributed by atoms with Crippen molar-refractivity contribution in [3.05, 3.63) is 0 Å². The van der Waals surface area contributed by atoms with E-state index in [4.69, 9.17) is 4.74 Å². The maximum atomic E-state index is 12.8. The SMILES string of the molecule is CC.CCC(C)(C)C(=O)OC(C)(C1CCCCC1)C1CCCCC1. The zero-order valence-corrected chi connectivity index (χ0v) is 17.2. The Hall–Kier alpha value is -0.530. The maximum absolute atomic E-state index is 12.8. The zero-order valence-electron chi connectivity index (χ0n) is 17.2. The lowest BCUT2D eigenvalue weighted by atomic mass is 9.67. The van der Waals surface area contributed by atoms with Gasteiger partial charge in [0.15, 0.2) is 0 Å². The Morgan fingerprint density at radius 2 is 1.21 bits per heavy atom. The number of ether oxygens (including phenoxy) is 1. The number of hydrogen-bond acceptors (Lipinski definition) is 2. The lowest BCUT2D eigenvalue weighted by Gasteiger charge is -2.47. The minimum atomic E-state index is -0.357. The summed E-state index contributed by atoms with van der Waals surface area (Å²) in [6.45, 7) is 12.4. The van der Waals surface area contributed by atoms with E-state index in [1.165, 1.54) is 64.2 Å². The van der Waals surface area contributed by atoms with Crippen LogP contribution in [-0.4, -0.2) is 11.6 Å². The summed E-state index contributed by atoms with van der Waals surface area (Å²) in [6.07, 6.45) is 13.8. The molecule has 0 bridgehead atoms. The Morgan fingerprint density at radius 1 is 0.833 bits per heavy atom. The van der Waals surface area contributed by atoms with Crippen molar-refractivity contribution in [3.8, 4) is 0 Å². The van der Waals surface area contributed by atoms with Gasteiger partial charge in [0.1, 0.15) is 5.60 Å². The molecule has 2 rings (SSSR count). The minimum Gasteiger partial charge on any atom is -0.458 e. The summed E-state index contributed by atoms with van der Waals surface area (Å²) in [5, 5.41) is 0. The highest BCUT2D eigenvalue weighted by Gasteiger charge is 2.46. The predicted molar refractivity (Wildman–Crippen MR) is 103 cm³/mol. The fraction of sp³-hybridized carbons (Fsp3) is 0.955. The molecule has 0 amide bonds. The van der Waals surface area contributed by atoms with Crippen molar-refractivity contribution in [1.82, 2.24) is 0 Å². The Morgan fingerprint density at radius 3 is 1.54 bits per heavy atom. The van der Waals surface area contributed by atoms with E-state index >= 15 is 0 Å². The van der Waals surface area contributed by atoms with E-state index in [1.807, 2.05) is 27.7 Å². The van der Waals surface area contributed by atoms with E-state index in [9.17, 15) is 4.79 Å². The third-order valence-electron chi connectivity index (χ3n) is 6.58. The van der Waals surface area contributed by atoms with Crippen molar-refractivity contribution in [3.63, 3.8) is 0 Å². The van der Waals surface area contributed by atoms with Crippen LogP contribution in [-0.2, 0) is 9.53 Å². The topological polar surface area (TPSA) is 26.3 Å². The zero-order chi connectivity index (χ0) is 18.2. The van der Waals surface area contributed by atoms with Gasteiger partial charge in [0.05, 0.1) is 5.41 Å². The van der Waals surface area contributed by atoms with Crippen LogP contribution >= 0.6 is 0 Å². The molecule has 2 nitrogen and oxygen atoms in total. The quantitative estimate of drug-likeness (QED) is 0.509. The van der Waals surface area contributed by atoms with E-state index in [0.29, 0.717) is 11.8 Å². The molecule has 2 saturated carbocycles. The lowest BCUT2D eigenvalue weighted by Crippen LogP contribution is -2.49. The van der Waals surface area contributed by atoms with Crippen LogP contribution in [0.3, 0.4) is 0 Å². The molecule has 2 fully saturated rings. The molecule has 24 heavy (non-hydrogen) atoms. The first-order chi connectivity index (χ1) is 11.4. The van der Waals surface area contributed by atoms with E-state index in [-0.39, 0.29) is 17.0 Å². The molecule has 0 saturated heterocycles. The van der Waals surface area contributed by atoms with Crippen molar-refractivity contribution >= 4 is 5.97 Å². The van der Waals surface area contributed by atoms with Gasteiger partial charge in [0.25, 0.3) is 0 Å². The van der Waals surface area contributed by atoms with Crippen LogP contribution in [0.15, 0.2) is 0 Å².